The monoisotopic (exact) mass is 215 g/mol. The Balaban J connectivity index is 1.96. The fraction of sp³-hybridized carbons (Fsp3) is 1.00. The maximum Gasteiger partial charge on any atom is 0.0619 e. The molecule has 0 aromatic carbocycles. The predicted octanol–water partition coefficient (Wildman–Crippen LogP) is 1.82. The average Bonchev–Trinajstić information content (AvgIpc) is 2.25. The fourth-order valence-corrected chi connectivity index (χ4v) is 1.59. The summed E-state index contributed by atoms with van der Waals surface area (Å²) < 4.78 is 11.1. The summed E-state index contributed by atoms with van der Waals surface area (Å²) >= 11 is 0. The molecule has 0 aliphatic carbocycles. The van der Waals surface area contributed by atoms with Crippen LogP contribution in [0.1, 0.15) is 33.6 Å². The van der Waals surface area contributed by atoms with Crippen molar-refractivity contribution in [3.63, 3.8) is 0 Å². The smallest absolute Gasteiger partial charge is 0.0619 e. The van der Waals surface area contributed by atoms with Gasteiger partial charge >= 0.3 is 0 Å². The molecule has 1 unspecified atom stereocenters. The van der Waals surface area contributed by atoms with E-state index in [4.69, 9.17) is 9.47 Å². The zero-order valence-electron chi connectivity index (χ0n) is 10.3. The van der Waals surface area contributed by atoms with E-state index < -0.39 is 0 Å². The van der Waals surface area contributed by atoms with E-state index >= 15 is 0 Å². The van der Waals surface area contributed by atoms with Crippen molar-refractivity contribution >= 4 is 0 Å². The van der Waals surface area contributed by atoms with Crippen LogP contribution in [0.15, 0.2) is 0 Å². The van der Waals surface area contributed by atoms with E-state index in [2.05, 4.69) is 26.1 Å². The first-order valence-electron chi connectivity index (χ1n) is 6.13. The van der Waals surface area contributed by atoms with Crippen molar-refractivity contribution in [3.05, 3.63) is 0 Å². The molecule has 1 aliphatic rings. The Hall–Kier alpha value is -0.120. The van der Waals surface area contributed by atoms with Crippen LogP contribution >= 0.6 is 0 Å². The summed E-state index contributed by atoms with van der Waals surface area (Å²) in [6, 6.07) is 0.572. The third kappa shape index (κ3) is 5.50. The second-order valence-corrected chi connectivity index (χ2v) is 4.67. The number of hydrogen-bond acceptors (Lipinski definition) is 3. The van der Waals surface area contributed by atoms with Gasteiger partial charge in [0.15, 0.2) is 0 Å². The van der Waals surface area contributed by atoms with Crippen LogP contribution in [0.5, 0.6) is 0 Å². The SMILES string of the molecule is CC(C)C(C)NCCOC1CCOCC1. The normalized spacial score (nSPS) is 20.8. The largest absolute Gasteiger partial charge is 0.381 e. The Morgan fingerprint density at radius 2 is 1.93 bits per heavy atom. The Bertz CT molecular complexity index is 156. The minimum atomic E-state index is 0.426. The molecule has 0 spiro atoms. The fourth-order valence-electron chi connectivity index (χ4n) is 1.59. The molecule has 0 amide bonds. The highest BCUT2D eigenvalue weighted by Gasteiger charge is 2.13. The van der Waals surface area contributed by atoms with Gasteiger partial charge in [-0.05, 0) is 25.7 Å². The Kier molecular flexibility index (Phi) is 6.22. The average molecular weight is 215 g/mol. The lowest BCUT2D eigenvalue weighted by Crippen LogP contribution is -2.34. The molecular formula is C12H25NO2. The van der Waals surface area contributed by atoms with Crippen molar-refractivity contribution in [1.29, 1.82) is 0 Å². The third-order valence-corrected chi connectivity index (χ3v) is 3.09. The van der Waals surface area contributed by atoms with Crippen LogP contribution in [-0.2, 0) is 9.47 Å². The molecule has 1 N–H and O–H groups in total. The van der Waals surface area contributed by atoms with Crippen molar-refractivity contribution in [1.82, 2.24) is 5.32 Å². The molecule has 1 aliphatic heterocycles. The van der Waals surface area contributed by atoms with Gasteiger partial charge in [0, 0.05) is 25.8 Å². The van der Waals surface area contributed by atoms with Crippen molar-refractivity contribution in [3.8, 4) is 0 Å². The zero-order chi connectivity index (χ0) is 11.1. The van der Waals surface area contributed by atoms with Gasteiger partial charge in [-0.25, -0.2) is 0 Å². The molecule has 3 heteroatoms. The van der Waals surface area contributed by atoms with E-state index in [0.717, 1.165) is 39.2 Å². The molecule has 1 rings (SSSR count). The maximum absolute atomic E-state index is 5.77. The lowest BCUT2D eigenvalue weighted by Gasteiger charge is -2.23. The summed E-state index contributed by atoms with van der Waals surface area (Å²) in [6.07, 6.45) is 2.54. The molecule has 0 aromatic rings. The van der Waals surface area contributed by atoms with Crippen LogP contribution in [-0.4, -0.2) is 38.5 Å². The predicted molar refractivity (Wildman–Crippen MR) is 62.1 cm³/mol. The van der Waals surface area contributed by atoms with Crippen LogP contribution in [0.4, 0.5) is 0 Å². The van der Waals surface area contributed by atoms with Gasteiger partial charge in [-0.1, -0.05) is 13.8 Å². The maximum atomic E-state index is 5.77. The van der Waals surface area contributed by atoms with Crippen molar-refractivity contribution < 1.29 is 9.47 Å². The summed E-state index contributed by atoms with van der Waals surface area (Å²) in [4.78, 5) is 0. The number of rotatable bonds is 6. The van der Waals surface area contributed by atoms with Crippen molar-refractivity contribution in [2.75, 3.05) is 26.4 Å². The van der Waals surface area contributed by atoms with Crippen LogP contribution in [0.2, 0.25) is 0 Å². The molecule has 0 saturated carbocycles. The molecule has 90 valence electrons. The van der Waals surface area contributed by atoms with E-state index in [1.54, 1.807) is 0 Å². The first-order chi connectivity index (χ1) is 7.20. The van der Waals surface area contributed by atoms with E-state index in [-0.39, 0.29) is 0 Å². The summed E-state index contributed by atoms with van der Waals surface area (Å²) in [7, 11) is 0. The first-order valence-corrected chi connectivity index (χ1v) is 6.13. The molecule has 1 atom stereocenters. The van der Waals surface area contributed by atoms with E-state index in [9.17, 15) is 0 Å². The molecular weight excluding hydrogens is 190 g/mol. The van der Waals surface area contributed by atoms with Gasteiger partial charge < -0.3 is 14.8 Å². The topological polar surface area (TPSA) is 30.5 Å². The van der Waals surface area contributed by atoms with Crippen LogP contribution < -0.4 is 5.32 Å². The third-order valence-electron chi connectivity index (χ3n) is 3.09. The molecule has 1 heterocycles. The second-order valence-electron chi connectivity index (χ2n) is 4.67. The number of hydrogen-bond donors (Lipinski definition) is 1. The molecule has 0 aromatic heterocycles. The Labute approximate surface area is 93.5 Å². The summed E-state index contributed by atoms with van der Waals surface area (Å²) in [6.45, 7) is 10.2. The highest BCUT2D eigenvalue weighted by atomic mass is 16.5. The lowest BCUT2D eigenvalue weighted by atomic mass is 10.1. The van der Waals surface area contributed by atoms with E-state index in [1.807, 2.05) is 0 Å². The number of ether oxygens (including phenoxy) is 2. The molecule has 3 nitrogen and oxygen atoms in total. The van der Waals surface area contributed by atoms with Gasteiger partial charge in [-0.3, -0.25) is 0 Å². The highest BCUT2D eigenvalue weighted by Crippen LogP contribution is 2.09. The Morgan fingerprint density at radius 1 is 1.27 bits per heavy atom. The van der Waals surface area contributed by atoms with Crippen molar-refractivity contribution in [2.24, 2.45) is 5.92 Å². The highest BCUT2D eigenvalue weighted by molar-refractivity contribution is 4.65. The van der Waals surface area contributed by atoms with Gasteiger partial charge in [0.05, 0.1) is 12.7 Å². The molecule has 0 radical (unpaired) electrons. The minimum absolute atomic E-state index is 0.426. The zero-order valence-corrected chi connectivity index (χ0v) is 10.3. The second kappa shape index (κ2) is 7.20. The summed E-state index contributed by atoms with van der Waals surface area (Å²) in [5, 5.41) is 3.47. The molecule has 0 bridgehead atoms. The molecule has 15 heavy (non-hydrogen) atoms. The van der Waals surface area contributed by atoms with Gasteiger partial charge in [0.2, 0.25) is 0 Å². The van der Waals surface area contributed by atoms with Gasteiger partial charge in [-0.15, -0.1) is 0 Å². The van der Waals surface area contributed by atoms with E-state index in [1.165, 1.54) is 0 Å². The van der Waals surface area contributed by atoms with Crippen molar-refractivity contribution in [2.45, 2.75) is 45.8 Å². The van der Waals surface area contributed by atoms with Gasteiger partial charge in [0.25, 0.3) is 0 Å². The first kappa shape index (κ1) is 12.9. The molecule has 1 saturated heterocycles. The summed E-state index contributed by atoms with van der Waals surface area (Å²) in [5.74, 6) is 0.688. The number of nitrogens with one attached hydrogen (secondary N) is 1. The standard InChI is InChI=1S/C12H25NO2/c1-10(2)11(3)13-6-9-15-12-4-7-14-8-5-12/h10-13H,4-9H2,1-3H3. The van der Waals surface area contributed by atoms with Gasteiger partial charge in [-0.2, -0.15) is 0 Å². The van der Waals surface area contributed by atoms with Crippen LogP contribution in [0.3, 0.4) is 0 Å². The minimum Gasteiger partial charge on any atom is -0.381 e. The van der Waals surface area contributed by atoms with Crippen LogP contribution in [0, 0.1) is 5.92 Å². The molecule has 1 fully saturated rings. The summed E-state index contributed by atoms with van der Waals surface area (Å²) in [5.41, 5.74) is 0. The van der Waals surface area contributed by atoms with Crippen LogP contribution in [0.25, 0.3) is 0 Å². The Morgan fingerprint density at radius 3 is 2.53 bits per heavy atom. The quantitative estimate of drug-likeness (QED) is 0.686. The lowest BCUT2D eigenvalue weighted by molar-refractivity contribution is -0.0310. The van der Waals surface area contributed by atoms with Gasteiger partial charge in [0.1, 0.15) is 0 Å². The van der Waals surface area contributed by atoms with E-state index in [0.29, 0.717) is 18.1 Å².